The molecule has 1 fully saturated rings. The zero-order valence-corrected chi connectivity index (χ0v) is 21.9. The fourth-order valence-electron chi connectivity index (χ4n) is 4.37. The molecule has 3 aromatic rings. The Bertz CT molecular complexity index is 1180. The van der Waals surface area contributed by atoms with E-state index in [1.165, 1.54) is 33.2 Å². The van der Waals surface area contributed by atoms with Crippen molar-refractivity contribution in [1.29, 1.82) is 0 Å². The molecule has 0 amide bonds. The van der Waals surface area contributed by atoms with Crippen LogP contribution in [0.25, 0.3) is 0 Å². The molecule has 1 saturated heterocycles. The van der Waals surface area contributed by atoms with Gasteiger partial charge in [-0.15, -0.1) is 11.3 Å². The van der Waals surface area contributed by atoms with E-state index in [1.807, 2.05) is 39.0 Å². The van der Waals surface area contributed by atoms with Crippen molar-refractivity contribution < 1.29 is 18.0 Å². The first kappa shape index (κ1) is 26.6. The third-order valence-electron chi connectivity index (χ3n) is 6.23. The van der Waals surface area contributed by atoms with Gasteiger partial charge in [-0.25, -0.2) is 0 Å². The van der Waals surface area contributed by atoms with E-state index in [2.05, 4.69) is 15.4 Å². The Labute approximate surface area is 217 Å². The standard InChI is InChI=1S/C25H29ClF3N5OS/c1-24(2,3)23(35)34-21(31-15-17-7-8-20(26)36-17)14-19(32-34)16-9-12-33(13-10-16)22(25(27,28)29)18-6-4-5-11-30-18/h4-8,11,14,16,22,31H,9-10,12-13,15H2,1-3H3. The summed E-state index contributed by atoms with van der Waals surface area (Å²) in [4.78, 5) is 19.5. The number of hydrogen-bond donors (Lipinski definition) is 1. The van der Waals surface area contributed by atoms with Gasteiger partial charge in [0.1, 0.15) is 11.9 Å². The van der Waals surface area contributed by atoms with Gasteiger partial charge in [0.25, 0.3) is 5.91 Å². The van der Waals surface area contributed by atoms with Crippen molar-refractivity contribution in [3.8, 4) is 0 Å². The van der Waals surface area contributed by atoms with Crippen LogP contribution in [0.4, 0.5) is 19.0 Å². The number of likely N-dealkylation sites (tertiary alicyclic amines) is 1. The zero-order valence-electron chi connectivity index (χ0n) is 20.3. The maximum absolute atomic E-state index is 13.9. The number of aromatic nitrogens is 3. The SMILES string of the molecule is CC(C)(C)C(=O)n1nc(C2CCN(C(c3ccccn3)C(F)(F)F)CC2)cc1NCc1ccc(Cl)s1. The summed E-state index contributed by atoms with van der Waals surface area (Å²) in [5.41, 5.74) is 0.0572. The first-order valence-corrected chi connectivity index (χ1v) is 13.0. The number of nitrogens with one attached hydrogen (secondary N) is 1. The summed E-state index contributed by atoms with van der Waals surface area (Å²) in [5.74, 6) is 0.355. The van der Waals surface area contributed by atoms with E-state index < -0.39 is 17.6 Å². The number of carbonyl (C=O) groups excluding carboxylic acids is 1. The van der Waals surface area contributed by atoms with Gasteiger partial charge in [-0.3, -0.25) is 14.7 Å². The summed E-state index contributed by atoms with van der Waals surface area (Å²) >= 11 is 7.48. The molecular formula is C25H29ClF3N5OS. The summed E-state index contributed by atoms with van der Waals surface area (Å²) in [6.07, 6.45) is -2.04. The largest absolute Gasteiger partial charge is 0.409 e. The van der Waals surface area contributed by atoms with E-state index in [0.717, 1.165) is 4.88 Å². The molecule has 4 heterocycles. The Morgan fingerprint density at radius 3 is 2.47 bits per heavy atom. The molecular weight excluding hydrogens is 511 g/mol. The number of thiophene rings is 1. The second-order valence-corrected chi connectivity index (χ2v) is 11.8. The minimum absolute atomic E-state index is 0.00340. The van der Waals surface area contributed by atoms with Crippen LogP contribution in [0.5, 0.6) is 0 Å². The number of nitrogens with zero attached hydrogens (tertiary/aromatic N) is 4. The van der Waals surface area contributed by atoms with Gasteiger partial charge in [-0.1, -0.05) is 38.4 Å². The van der Waals surface area contributed by atoms with Crippen molar-refractivity contribution >= 4 is 34.7 Å². The van der Waals surface area contributed by atoms with Crippen LogP contribution < -0.4 is 5.32 Å². The first-order valence-electron chi connectivity index (χ1n) is 11.8. The van der Waals surface area contributed by atoms with Gasteiger partial charge < -0.3 is 5.32 Å². The maximum Gasteiger partial charge on any atom is 0.409 e. The lowest BCUT2D eigenvalue weighted by Crippen LogP contribution is -2.43. The summed E-state index contributed by atoms with van der Waals surface area (Å²) in [7, 11) is 0. The number of halogens is 4. The van der Waals surface area contributed by atoms with E-state index >= 15 is 0 Å². The Hall–Kier alpha value is -2.43. The Morgan fingerprint density at radius 1 is 1.19 bits per heavy atom. The molecule has 194 valence electrons. The third kappa shape index (κ3) is 6.10. The lowest BCUT2D eigenvalue weighted by atomic mass is 9.92. The zero-order chi connectivity index (χ0) is 26.1. The molecule has 1 unspecified atom stereocenters. The molecule has 3 aromatic heterocycles. The van der Waals surface area contributed by atoms with Gasteiger partial charge >= 0.3 is 6.18 Å². The minimum Gasteiger partial charge on any atom is -0.365 e. The highest BCUT2D eigenvalue weighted by molar-refractivity contribution is 7.16. The molecule has 1 aliphatic heterocycles. The number of pyridine rings is 1. The molecule has 1 atom stereocenters. The molecule has 0 saturated carbocycles. The number of hydrogen-bond acceptors (Lipinski definition) is 6. The number of carbonyl (C=O) groups is 1. The van der Waals surface area contributed by atoms with Crippen LogP contribution in [0.15, 0.2) is 42.6 Å². The predicted molar refractivity (Wildman–Crippen MR) is 136 cm³/mol. The molecule has 1 N–H and O–H groups in total. The van der Waals surface area contributed by atoms with Gasteiger partial charge in [-0.2, -0.15) is 23.0 Å². The molecule has 0 aliphatic carbocycles. The van der Waals surface area contributed by atoms with Crippen molar-refractivity contribution in [3.63, 3.8) is 0 Å². The Kier molecular flexibility index (Phi) is 7.78. The number of alkyl halides is 3. The molecule has 0 bridgehead atoms. The highest BCUT2D eigenvalue weighted by Crippen LogP contribution is 2.40. The van der Waals surface area contributed by atoms with Crippen LogP contribution in [0.3, 0.4) is 0 Å². The average molecular weight is 540 g/mol. The van der Waals surface area contributed by atoms with Crippen LogP contribution in [-0.4, -0.2) is 44.8 Å². The van der Waals surface area contributed by atoms with Crippen LogP contribution in [-0.2, 0) is 6.54 Å². The predicted octanol–water partition coefficient (Wildman–Crippen LogP) is 6.77. The fourth-order valence-corrected chi connectivity index (χ4v) is 5.40. The smallest absolute Gasteiger partial charge is 0.365 e. The van der Waals surface area contributed by atoms with Gasteiger partial charge in [-0.05, 0) is 50.2 Å². The molecule has 4 rings (SSSR count). The highest BCUT2D eigenvalue weighted by Gasteiger charge is 2.46. The lowest BCUT2D eigenvalue weighted by Gasteiger charge is -2.37. The average Bonchev–Trinajstić information content (AvgIpc) is 3.43. The van der Waals surface area contributed by atoms with Gasteiger partial charge in [0.15, 0.2) is 0 Å². The van der Waals surface area contributed by atoms with E-state index in [0.29, 0.717) is 35.2 Å². The number of rotatable bonds is 6. The van der Waals surface area contributed by atoms with E-state index in [9.17, 15) is 18.0 Å². The van der Waals surface area contributed by atoms with Crippen LogP contribution in [0.1, 0.15) is 66.6 Å². The quantitative estimate of drug-likeness (QED) is 0.374. The summed E-state index contributed by atoms with van der Waals surface area (Å²) in [5, 5.41) is 7.91. The number of anilines is 1. The molecule has 1 aliphatic rings. The summed E-state index contributed by atoms with van der Waals surface area (Å²) < 4.78 is 43.9. The van der Waals surface area contributed by atoms with Gasteiger partial charge in [0.2, 0.25) is 0 Å². The van der Waals surface area contributed by atoms with Crippen LogP contribution in [0.2, 0.25) is 4.34 Å². The van der Waals surface area contributed by atoms with Crippen molar-refractivity contribution in [2.45, 2.75) is 58.3 Å². The normalized spacial score (nSPS) is 16.8. The van der Waals surface area contributed by atoms with Crippen molar-refractivity contribution in [3.05, 3.63) is 63.2 Å². The second-order valence-electron chi connectivity index (χ2n) is 9.99. The first-order chi connectivity index (χ1) is 16.9. The molecule has 0 aromatic carbocycles. The lowest BCUT2D eigenvalue weighted by molar-refractivity contribution is -0.190. The summed E-state index contributed by atoms with van der Waals surface area (Å²) in [6.45, 7) is 6.46. The Balaban J connectivity index is 1.52. The van der Waals surface area contributed by atoms with Crippen molar-refractivity contribution in [2.24, 2.45) is 5.41 Å². The molecule has 36 heavy (non-hydrogen) atoms. The third-order valence-corrected chi connectivity index (χ3v) is 7.46. The van der Waals surface area contributed by atoms with E-state index in [1.54, 1.807) is 12.1 Å². The summed E-state index contributed by atoms with van der Waals surface area (Å²) in [6, 6.07) is 8.44. The van der Waals surface area contributed by atoms with Crippen molar-refractivity contribution in [1.82, 2.24) is 19.7 Å². The molecule has 11 heteroatoms. The van der Waals surface area contributed by atoms with E-state index in [4.69, 9.17) is 11.6 Å². The molecule has 0 spiro atoms. The monoisotopic (exact) mass is 539 g/mol. The molecule has 0 radical (unpaired) electrons. The minimum atomic E-state index is -4.43. The Morgan fingerprint density at radius 2 is 1.92 bits per heavy atom. The van der Waals surface area contributed by atoms with Gasteiger partial charge in [0, 0.05) is 28.5 Å². The van der Waals surface area contributed by atoms with Crippen molar-refractivity contribution in [2.75, 3.05) is 18.4 Å². The maximum atomic E-state index is 13.9. The van der Waals surface area contributed by atoms with Crippen LogP contribution in [0, 0.1) is 5.41 Å². The fraction of sp³-hybridized carbons (Fsp3) is 0.480. The van der Waals surface area contributed by atoms with Crippen LogP contribution >= 0.6 is 22.9 Å². The number of piperidine rings is 1. The van der Waals surface area contributed by atoms with Gasteiger partial charge in [0.05, 0.1) is 22.3 Å². The highest BCUT2D eigenvalue weighted by atomic mass is 35.5. The topological polar surface area (TPSA) is 63.1 Å². The molecule has 6 nitrogen and oxygen atoms in total. The van der Waals surface area contributed by atoms with E-state index in [-0.39, 0.29) is 30.6 Å². The second kappa shape index (κ2) is 10.5.